The van der Waals surface area contributed by atoms with Crippen LogP contribution in [0.4, 0.5) is 0 Å². The van der Waals surface area contributed by atoms with Gasteiger partial charge in [-0.15, -0.1) is 0 Å². The number of benzene rings is 2. The van der Waals surface area contributed by atoms with Gasteiger partial charge in [0.15, 0.2) is 0 Å². The lowest BCUT2D eigenvalue weighted by molar-refractivity contribution is 0.309. The number of rotatable bonds is 9. The van der Waals surface area contributed by atoms with Gasteiger partial charge in [0, 0.05) is 5.56 Å². The van der Waals surface area contributed by atoms with Crippen LogP contribution in [0.2, 0.25) is 0 Å². The summed E-state index contributed by atoms with van der Waals surface area (Å²) in [7, 11) is 0. The van der Waals surface area contributed by atoms with Crippen molar-refractivity contribution in [3.05, 3.63) is 54.6 Å². The summed E-state index contributed by atoms with van der Waals surface area (Å²) in [5.41, 5.74) is 2.37. The minimum atomic E-state index is 0.753. The molecule has 0 aromatic heterocycles. The Morgan fingerprint density at radius 3 is 2.38 bits per heavy atom. The summed E-state index contributed by atoms with van der Waals surface area (Å²) in [5.74, 6) is 0.970. The van der Waals surface area contributed by atoms with E-state index in [0.29, 0.717) is 0 Å². The van der Waals surface area contributed by atoms with Crippen molar-refractivity contribution in [2.75, 3.05) is 19.7 Å². The van der Waals surface area contributed by atoms with Crippen LogP contribution in [-0.4, -0.2) is 19.7 Å². The fraction of sp³-hybridized carbons (Fsp3) is 0.368. The molecule has 112 valence electrons. The monoisotopic (exact) mass is 283 g/mol. The highest BCUT2D eigenvalue weighted by atomic mass is 16.5. The molecule has 0 heterocycles. The van der Waals surface area contributed by atoms with E-state index >= 15 is 0 Å². The smallest absolute Gasteiger partial charge is 0.127 e. The first-order valence-electron chi connectivity index (χ1n) is 7.90. The van der Waals surface area contributed by atoms with Crippen LogP contribution < -0.4 is 10.1 Å². The van der Waals surface area contributed by atoms with Gasteiger partial charge in [-0.25, -0.2) is 0 Å². The first kappa shape index (κ1) is 15.6. The second kappa shape index (κ2) is 9.19. The predicted octanol–water partition coefficient (Wildman–Crippen LogP) is 4.51. The molecule has 0 unspecified atom stereocenters. The summed E-state index contributed by atoms with van der Waals surface area (Å²) in [4.78, 5) is 0. The van der Waals surface area contributed by atoms with Gasteiger partial charge in [-0.1, -0.05) is 61.9 Å². The zero-order valence-corrected chi connectivity index (χ0v) is 12.8. The van der Waals surface area contributed by atoms with Crippen molar-refractivity contribution < 1.29 is 4.74 Å². The molecule has 0 atom stereocenters. The molecule has 0 aliphatic heterocycles. The Hall–Kier alpha value is -1.80. The van der Waals surface area contributed by atoms with Crippen LogP contribution in [0.5, 0.6) is 5.75 Å². The number of hydrogen-bond donors (Lipinski definition) is 1. The topological polar surface area (TPSA) is 21.3 Å². The molecule has 0 bridgehead atoms. The highest BCUT2D eigenvalue weighted by molar-refractivity contribution is 5.70. The molecule has 0 amide bonds. The van der Waals surface area contributed by atoms with Crippen LogP contribution in [0.3, 0.4) is 0 Å². The van der Waals surface area contributed by atoms with Crippen molar-refractivity contribution >= 4 is 0 Å². The van der Waals surface area contributed by atoms with Gasteiger partial charge in [-0.2, -0.15) is 0 Å². The van der Waals surface area contributed by atoms with Gasteiger partial charge in [-0.05, 0) is 37.6 Å². The zero-order valence-electron chi connectivity index (χ0n) is 12.8. The van der Waals surface area contributed by atoms with Crippen molar-refractivity contribution in [3.63, 3.8) is 0 Å². The molecule has 2 nitrogen and oxygen atoms in total. The van der Waals surface area contributed by atoms with Crippen molar-refractivity contribution in [2.24, 2.45) is 0 Å². The first-order valence-corrected chi connectivity index (χ1v) is 7.90. The number of unbranched alkanes of at least 4 members (excludes halogenated alkanes) is 1. The van der Waals surface area contributed by atoms with E-state index in [1.807, 2.05) is 18.2 Å². The zero-order chi connectivity index (χ0) is 14.8. The lowest BCUT2D eigenvalue weighted by atomic mass is 10.1. The predicted molar refractivity (Wildman–Crippen MR) is 89.8 cm³/mol. The second-order valence-corrected chi connectivity index (χ2v) is 5.17. The Kier molecular flexibility index (Phi) is 6.82. The molecule has 0 radical (unpaired) electrons. The fourth-order valence-electron chi connectivity index (χ4n) is 2.25. The highest BCUT2D eigenvalue weighted by Gasteiger charge is 2.04. The van der Waals surface area contributed by atoms with Gasteiger partial charge in [0.2, 0.25) is 0 Å². The van der Waals surface area contributed by atoms with E-state index in [2.05, 4.69) is 48.6 Å². The second-order valence-electron chi connectivity index (χ2n) is 5.17. The van der Waals surface area contributed by atoms with E-state index in [0.717, 1.165) is 37.4 Å². The van der Waals surface area contributed by atoms with Crippen LogP contribution >= 0.6 is 0 Å². The van der Waals surface area contributed by atoms with Crippen molar-refractivity contribution in [1.29, 1.82) is 0 Å². The van der Waals surface area contributed by atoms with Gasteiger partial charge in [0.25, 0.3) is 0 Å². The van der Waals surface area contributed by atoms with E-state index in [4.69, 9.17) is 4.74 Å². The Bertz CT molecular complexity index is 510. The molecule has 1 N–H and O–H groups in total. The van der Waals surface area contributed by atoms with Gasteiger partial charge >= 0.3 is 0 Å². The molecule has 2 heteroatoms. The molecular formula is C19H25NO. The molecule has 0 spiro atoms. The largest absolute Gasteiger partial charge is 0.493 e. The molecule has 2 rings (SSSR count). The van der Waals surface area contributed by atoms with Crippen LogP contribution in [0, 0.1) is 0 Å². The summed E-state index contributed by atoms with van der Waals surface area (Å²) in [6.07, 6.45) is 3.53. The normalized spacial score (nSPS) is 10.5. The summed E-state index contributed by atoms with van der Waals surface area (Å²) >= 11 is 0. The van der Waals surface area contributed by atoms with Crippen LogP contribution in [0.1, 0.15) is 26.2 Å². The van der Waals surface area contributed by atoms with Gasteiger partial charge in [-0.3, -0.25) is 0 Å². The Balaban J connectivity index is 1.84. The third kappa shape index (κ3) is 5.24. The molecular weight excluding hydrogens is 258 g/mol. The van der Waals surface area contributed by atoms with E-state index in [9.17, 15) is 0 Å². The van der Waals surface area contributed by atoms with Crippen LogP contribution in [0.15, 0.2) is 54.6 Å². The van der Waals surface area contributed by atoms with E-state index in [-0.39, 0.29) is 0 Å². The highest BCUT2D eigenvalue weighted by Crippen LogP contribution is 2.29. The Morgan fingerprint density at radius 2 is 1.57 bits per heavy atom. The third-order valence-electron chi connectivity index (χ3n) is 3.43. The van der Waals surface area contributed by atoms with Gasteiger partial charge in [0.1, 0.15) is 5.75 Å². The maximum Gasteiger partial charge on any atom is 0.127 e. The maximum absolute atomic E-state index is 5.96. The number of hydrogen-bond acceptors (Lipinski definition) is 2. The summed E-state index contributed by atoms with van der Waals surface area (Å²) < 4.78 is 5.96. The number of ether oxygens (including phenoxy) is 1. The third-order valence-corrected chi connectivity index (χ3v) is 3.43. The number of para-hydroxylation sites is 1. The molecule has 0 aliphatic rings. The fourth-order valence-corrected chi connectivity index (χ4v) is 2.25. The lowest BCUT2D eigenvalue weighted by Gasteiger charge is -2.12. The first-order chi connectivity index (χ1) is 10.4. The molecule has 21 heavy (non-hydrogen) atoms. The molecule has 0 aliphatic carbocycles. The van der Waals surface area contributed by atoms with E-state index in [1.165, 1.54) is 18.4 Å². The lowest BCUT2D eigenvalue weighted by Crippen LogP contribution is -2.18. The maximum atomic E-state index is 5.96. The van der Waals surface area contributed by atoms with E-state index in [1.54, 1.807) is 0 Å². The Labute approximate surface area is 128 Å². The minimum absolute atomic E-state index is 0.753. The average molecular weight is 283 g/mol. The molecule has 0 saturated heterocycles. The van der Waals surface area contributed by atoms with Crippen molar-refractivity contribution in [1.82, 2.24) is 5.32 Å². The van der Waals surface area contributed by atoms with Crippen LogP contribution in [0.25, 0.3) is 11.1 Å². The Morgan fingerprint density at radius 1 is 0.857 bits per heavy atom. The van der Waals surface area contributed by atoms with Crippen LogP contribution in [-0.2, 0) is 0 Å². The summed E-state index contributed by atoms with van der Waals surface area (Å²) in [5, 5.41) is 3.44. The number of nitrogens with one attached hydrogen (secondary N) is 1. The quantitative estimate of drug-likeness (QED) is 0.684. The van der Waals surface area contributed by atoms with Crippen molar-refractivity contribution in [2.45, 2.75) is 26.2 Å². The van der Waals surface area contributed by atoms with Gasteiger partial charge < -0.3 is 10.1 Å². The van der Waals surface area contributed by atoms with E-state index < -0.39 is 0 Å². The van der Waals surface area contributed by atoms with Crippen molar-refractivity contribution in [3.8, 4) is 16.9 Å². The summed E-state index contributed by atoms with van der Waals surface area (Å²) in [6.45, 7) is 5.10. The molecule has 0 saturated carbocycles. The molecule has 2 aromatic carbocycles. The standard InChI is InChI=1S/C19H25NO/c1-2-3-14-20-15-9-16-21-19-13-8-7-12-18(19)17-10-5-4-6-11-17/h4-8,10-13,20H,2-3,9,14-16H2,1H3. The molecule has 0 fully saturated rings. The van der Waals surface area contributed by atoms with Gasteiger partial charge in [0.05, 0.1) is 6.61 Å². The SMILES string of the molecule is CCCCNCCCOc1ccccc1-c1ccccc1. The summed E-state index contributed by atoms with van der Waals surface area (Å²) in [6, 6.07) is 18.6. The molecule has 2 aromatic rings. The average Bonchev–Trinajstić information content (AvgIpc) is 2.55. The minimum Gasteiger partial charge on any atom is -0.493 e.